The zero-order valence-electron chi connectivity index (χ0n) is 18.1. The number of amides is 2. The smallest absolute Gasteiger partial charge is 0.410 e. The number of imidazole rings is 1. The summed E-state index contributed by atoms with van der Waals surface area (Å²) in [5.74, 6) is -0.854. The first-order valence-corrected chi connectivity index (χ1v) is 11.2. The highest BCUT2D eigenvalue weighted by Crippen LogP contribution is 2.38. The molecule has 1 aliphatic rings. The van der Waals surface area contributed by atoms with Crippen LogP contribution < -0.4 is 5.32 Å². The molecule has 0 unspecified atom stereocenters. The number of rotatable bonds is 5. The number of hydrogen-bond acceptors (Lipinski definition) is 7. The third-order valence-electron chi connectivity index (χ3n) is 5.21. The molecule has 0 radical (unpaired) electrons. The van der Waals surface area contributed by atoms with Crippen LogP contribution in [0.15, 0.2) is 24.4 Å². The Hall–Kier alpha value is -3.40. The summed E-state index contributed by atoms with van der Waals surface area (Å²) in [6.45, 7) is 6.51. The molecule has 1 N–H and O–H groups in total. The van der Waals surface area contributed by atoms with E-state index < -0.39 is 12.1 Å². The van der Waals surface area contributed by atoms with Crippen LogP contribution >= 0.6 is 11.3 Å². The van der Waals surface area contributed by atoms with E-state index in [1.54, 1.807) is 36.3 Å². The predicted molar refractivity (Wildman–Crippen MR) is 119 cm³/mol. The number of pyridine rings is 1. The van der Waals surface area contributed by atoms with Gasteiger partial charge in [-0.3, -0.25) is 9.20 Å². The summed E-state index contributed by atoms with van der Waals surface area (Å²) in [7, 11) is 0. The Kier molecular flexibility index (Phi) is 6.13. The molecule has 3 aromatic heterocycles. The normalized spacial score (nSPS) is 13.0. The molecule has 168 valence electrons. The lowest BCUT2D eigenvalue weighted by Crippen LogP contribution is -2.36. The monoisotopic (exact) mass is 456 g/mol. The van der Waals surface area contributed by atoms with Crippen molar-refractivity contribution >= 4 is 40.0 Å². The fourth-order valence-corrected chi connectivity index (χ4v) is 5.08. The molecular formula is C22H24N4O5S. The second-order valence-electron chi connectivity index (χ2n) is 7.23. The number of carbonyl (C=O) groups is 3. The van der Waals surface area contributed by atoms with Crippen LogP contribution in [0.3, 0.4) is 0 Å². The molecule has 0 atom stereocenters. The molecule has 0 spiro atoms. The van der Waals surface area contributed by atoms with Gasteiger partial charge in [-0.2, -0.15) is 0 Å². The van der Waals surface area contributed by atoms with Crippen molar-refractivity contribution in [1.82, 2.24) is 14.3 Å². The zero-order chi connectivity index (χ0) is 22.8. The van der Waals surface area contributed by atoms with Crippen LogP contribution in [0.5, 0.6) is 0 Å². The Labute approximate surface area is 188 Å². The second-order valence-corrected chi connectivity index (χ2v) is 8.33. The third-order valence-corrected chi connectivity index (χ3v) is 6.34. The van der Waals surface area contributed by atoms with Crippen LogP contribution in [0.1, 0.15) is 50.8 Å². The van der Waals surface area contributed by atoms with E-state index >= 15 is 0 Å². The van der Waals surface area contributed by atoms with Gasteiger partial charge in [0, 0.05) is 17.6 Å². The molecule has 0 saturated carbocycles. The van der Waals surface area contributed by atoms with Crippen LogP contribution in [-0.2, 0) is 22.4 Å². The number of ether oxygens (including phenoxy) is 2. The molecule has 0 aliphatic carbocycles. The quantitative estimate of drug-likeness (QED) is 0.588. The van der Waals surface area contributed by atoms with Crippen LogP contribution in [-0.4, -0.2) is 52.0 Å². The summed E-state index contributed by atoms with van der Waals surface area (Å²) < 4.78 is 12.1. The summed E-state index contributed by atoms with van der Waals surface area (Å²) in [5, 5.41) is 3.31. The van der Waals surface area contributed by atoms with Crippen molar-refractivity contribution in [2.24, 2.45) is 0 Å². The molecule has 1 aliphatic heterocycles. The molecule has 2 amide bonds. The fraction of sp³-hybridized carbons (Fsp3) is 0.364. The highest BCUT2D eigenvalue weighted by molar-refractivity contribution is 7.17. The highest BCUT2D eigenvalue weighted by atomic mass is 32.1. The topological polar surface area (TPSA) is 102 Å². The Bertz CT molecular complexity index is 1200. The molecule has 0 aromatic carbocycles. The number of nitrogens with one attached hydrogen (secondary N) is 1. The number of nitrogens with zero attached hydrogens (tertiary/aromatic N) is 3. The van der Waals surface area contributed by atoms with E-state index in [9.17, 15) is 14.4 Å². The van der Waals surface area contributed by atoms with E-state index in [0.717, 1.165) is 10.4 Å². The van der Waals surface area contributed by atoms with Crippen LogP contribution in [0.4, 0.5) is 9.80 Å². The lowest BCUT2D eigenvalue weighted by molar-refractivity contribution is 0.0526. The van der Waals surface area contributed by atoms with Gasteiger partial charge >= 0.3 is 12.1 Å². The van der Waals surface area contributed by atoms with Gasteiger partial charge < -0.3 is 19.7 Å². The number of carbonyl (C=O) groups excluding carboxylic acids is 3. The minimum absolute atomic E-state index is 0.220. The molecule has 10 heteroatoms. The van der Waals surface area contributed by atoms with E-state index in [2.05, 4.69) is 10.3 Å². The van der Waals surface area contributed by atoms with Gasteiger partial charge in [-0.25, -0.2) is 14.6 Å². The second kappa shape index (κ2) is 8.99. The Morgan fingerprint density at radius 3 is 2.72 bits per heavy atom. The first-order valence-electron chi connectivity index (χ1n) is 10.4. The van der Waals surface area contributed by atoms with E-state index in [0.29, 0.717) is 53.7 Å². The van der Waals surface area contributed by atoms with Crippen LogP contribution in [0, 0.1) is 6.92 Å². The first-order chi connectivity index (χ1) is 15.4. The van der Waals surface area contributed by atoms with Crippen molar-refractivity contribution in [3.63, 3.8) is 0 Å². The number of anilines is 1. The Balaban J connectivity index is 1.69. The summed E-state index contributed by atoms with van der Waals surface area (Å²) in [6.07, 6.45) is 1.85. The number of thiophene rings is 1. The van der Waals surface area contributed by atoms with Crippen molar-refractivity contribution in [2.45, 2.75) is 33.7 Å². The van der Waals surface area contributed by atoms with Gasteiger partial charge in [-0.1, -0.05) is 6.07 Å². The molecule has 9 nitrogen and oxygen atoms in total. The Morgan fingerprint density at radius 2 is 1.97 bits per heavy atom. The standard InChI is InChI=1S/C22H24N4O5S/c1-4-30-21(28)17-14-9-11-25(22(29)31-5-2)12-15(14)32-20(17)24-19(27)18-13(3)23-16-8-6-7-10-26(16)18/h6-8,10H,4-5,9,11-12H2,1-3H3,(H,24,27). The van der Waals surface area contributed by atoms with Gasteiger partial charge in [-0.05, 0) is 44.9 Å². The molecule has 4 rings (SSSR count). The average molecular weight is 457 g/mol. The van der Waals surface area contributed by atoms with Crippen molar-refractivity contribution in [1.29, 1.82) is 0 Å². The van der Waals surface area contributed by atoms with Gasteiger partial charge in [0.15, 0.2) is 0 Å². The van der Waals surface area contributed by atoms with Crippen molar-refractivity contribution in [3.05, 3.63) is 51.8 Å². The zero-order valence-corrected chi connectivity index (χ0v) is 19.0. The minimum Gasteiger partial charge on any atom is -0.462 e. The number of hydrogen-bond donors (Lipinski definition) is 1. The lowest BCUT2D eigenvalue weighted by atomic mass is 10.0. The predicted octanol–water partition coefficient (Wildman–Crippen LogP) is 3.65. The van der Waals surface area contributed by atoms with Crippen LogP contribution in [0.2, 0.25) is 0 Å². The maximum Gasteiger partial charge on any atom is 0.410 e. The first kappa shape index (κ1) is 21.8. The maximum atomic E-state index is 13.2. The summed E-state index contributed by atoms with van der Waals surface area (Å²) in [5.41, 5.74) is 2.81. The van der Waals surface area contributed by atoms with Gasteiger partial charge in [0.25, 0.3) is 5.91 Å². The Morgan fingerprint density at radius 1 is 1.19 bits per heavy atom. The largest absolute Gasteiger partial charge is 0.462 e. The minimum atomic E-state index is -0.486. The van der Waals surface area contributed by atoms with E-state index in [4.69, 9.17) is 9.47 Å². The third kappa shape index (κ3) is 3.93. The molecule has 0 fully saturated rings. The van der Waals surface area contributed by atoms with E-state index in [1.165, 1.54) is 11.3 Å². The molecular weight excluding hydrogens is 432 g/mol. The SMILES string of the molecule is CCOC(=O)c1c(NC(=O)c2c(C)nc3ccccn23)sc2c1CCN(C(=O)OCC)C2. The van der Waals surface area contributed by atoms with Crippen molar-refractivity contribution < 1.29 is 23.9 Å². The van der Waals surface area contributed by atoms with Crippen LogP contribution in [0.25, 0.3) is 5.65 Å². The molecule has 32 heavy (non-hydrogen) atoms. The van der Waals surface area contributed by atoms with E-state index in [-0.39, 0.29) is 12.5 Å². The molecule has 0 bridgehead atoms. The van der Waals surface area contributed by atoms with Crippen molar-refractivity contribution in [2.75, 3.05) is 25.1 Å². The lowest BCUT2D eigenvalue weighted by Gasteiger charge is -2.26. The summed E-state index contributed by atoms with van der Waals surface area (Å²) in [4.78, 5) is 45.0. The van der Waals surface area contributed by atoms with Crippen molar-refractivity contribution in [3.8, 4) is 0 Å². The highest BCUT2D eigenvalue weighted by Gasteiger charge is 2.32. The number of fused-ring (bicyclic) bond motifs is 2. The molecule has 0 saturated heterocycles. The maximum absolute atomic E-state index is 13.2. The molecule has 4 heterocycles. The van der Waals surface area contributed by atoms with E-state index in [1.807, 2.05) is 18.2 Å². The average Bonchev–Trinajstić information content (AvgIpc) is 3.29. The van der Waals surface area contributed by atoms with Gasteiger partial charge in [0.2, 0.25) is 0 Å². The summed E-state index contributed by atoms with van der Waals surface area (Å²) >= 11 is 1.28. The number of esters is 1. The van der Waals surface area contributed by atoms with Gasteiger partial charge in [0.1, 0.15) is 16.3 Å². The van der Waals surface area contributed by atoms with Gasteiger partial charge in [-0.15, -0.1) is 11.3 Å². The van der Waals surface area contributed by atoms with Gasteiger partial charge in [0.05, 0.1) is 31.0 Å². The molecule has 3 aromatic rings. The number of aryl methyl sites for hydroxylation is 1. The summed E-state index contributed by atoms with van der Waals surface area (Å²) in [6, 6.07) is 5.50. The fourth-order valence-electron chi connectivity index (χ4n) is 3.83. The number of aromatic nitrogens is 2.